The summed E-state index contributed by atoms with van der Waals surface area (Å²) in [7, 11) is 0. The standard InChI is InChI=1S/C18H17N/c1-14-6-8-15(9-7-14)12-18(13-19)11-10-16-4-2-3-5-17(16)18/h2-9H,10-12H2,1H3. The van der Waals surface area contributed by atoms with Crippen molar-refractivity contribution in [3.05, 3.63) is 70.8 Å². The van der Waals surface area contributed by atoms with Gasteiger partial charge in [0.05, 0.1) is 11.5 Å². The molecule has 0 saturated heterocycles. The van der Waals surface area contributed by atoms with Crippen molar-refractivity contribution in [2.24, 2.45) is 0 Å². The normalized spacial score (nSPS) is 20.8. The Kier molecular flexibility index (Phi) is 2.87. The van der Waals surface area contributed by atoms with Gasteiger partial charge in [0, 0.05) is 0 Å². The van der Waals surface area contributed by atoms with Crippen LogP contribution in [0.3, 0.4) is 0 Å². The van der Waals surface area contributed by atoms with Crippen LogP contribution >= 0.6 is 0 Å². The van der Waals surface area contributed by atoms with E-state index in [-0.39, 0.29) is 5.41 Å². The monoisotopic (exact) mass is 247 g/mol. The number of hydrogen-bond donors (Lipinski definition) is 0. The number of aryl methyl sites for hydroxylation is 2. The van der Waals surface area contributed by atoms with E-state index in [2.05, 4.69) is 55.5 Å². The van der Waals surface area contributed by atoms with Crippen molar-refractivity contribution in [1.29, 1.82) is 5.26 Å². The van der Waals surface area contributed by atoms with E-state index in [4.69, 9.17) is 0 Å². The molecule has 0 aliphatic heterocycles. The van der Waals surface area contributed by atoms with E-state index in [0.717, 1.165) is 19.3 Å². The van der Waals surface area contributed by atoms with Crippen molar-refractivity contribution in [2.75, 3.05) is 0 Å². The summed E-state index contributed by atoms with van der Waals surface area (Å²) < 4.78 is 0. The molecule has 1 atom stereocenters. The van der Waals surface area contributed by atoms with Crippen LogP contribution in [0.25, 0.3) is 0 Å². The van der Waals surface area contributed by atoms with Crippen LogP contribution in [0.4, 0.5) is 0 Å². The van der Waals surface area contributed by atoms with E-state index in [9.17, 15) is 5.26 Å². The van der Waals surface area contributed by atoms with E-state index in [0.29, 0.717) is 0 Å². The van der Waals surface area contributed by atoms with Crippen LogP contribution in [-0.4, -0.2) is 0 Å². The summed E-state index contributed by atoms with van der Waals surface area (Å²) in [4.78, 5) is 0. The summed E-state index contributed by atoms with van der Waals surface area (Å²) >= 11 is 0. The lowest BCUT2D eigenvalue weighted by atomic mass is 9.78. The number of fused-ring (bicyclic) bond motifs is 1. The average Bonchev–Trinajstić information content (AvgIpc) is 2.81. The van der Waals surface area contributed by atoms with Crippen LogP contribution in [-0.2, 0) is 18.3 Å². The highest BCUT2D eigenvalue weighted by Gasteiger charge is 2.38. The van der Waals surface area contributed by atoms with Gasteiger partial charge in [0.2, 0.25) is 0 Å². The van der Waals surface area contributed by atoms with Gasteiger partial charge in [-0.1, -0.05) is 54.1 Å². The van der Waals surface area contributed by atoms with Gasteiger partial charge in [-0.3, -0.25) is 0 Å². The lowest BCUT2D eigenvalue weighted by molar-refractivity contribution is 0.541. The molecule has 0 spiro atoms. The van der Waals surface area contributed by atoms with Crippen LogP contribution < -0.4 is 0 Å². The Bertz CT molecular complexity index is 633. The van der Waals surface area contributed by atoms with Crippen LogP contribution in [0.15, 0.2) is 48.5 Å². The quantitative estimate of drug-likeness (QED) is 0.788. The van der Waals surface area contributed by atoms with Gasteiger partial charge in [-0.05, 0) is 42.9 Å². The first-order chi connectivity index (χ1) is 9.23. The van der Waals surface area contributed by atoms with Crippen molar-refractivity contribution in [3.8, 4) is 6.07 Å². The molecular formula is C18H17N. The fourth-order valence-corrected chi connectivity index (χ4v) is 3.08. The molecule has 19 heavy (non-hydrogen) atoms. The topological polar surface area (TPSA) is 23.8 Å². The Morgan fingerprint density at radius 3 is 2.58 bits per heavy atom. The first kappa shape index (κ1) is 12.0. The summed E-state index contributed by atoms with van der Waals surface area (Å²) in [5.74, 6) is 0. The van der Waals surface area contributed by atoms with E-state index in [1.54, 1.807) is 0 Å². The van der Waals surface area contributed by atoms with Crippen LogP contribution in [0.2, 0.25) is 0 Å². The van der Waals surface area contributed by atoms with Crippen LogP contribution in [0, 0.1) is 18.3 Å². The van der Waals surface area contributed by atoms with Crippen molar-refractivity contribution in [2.45, 2.75) is 31.6 Å². The Balaban J connectivity index is 1.98. The van der Waals surface area contributed by atoms with E-state index in [1.165, 1.54) is 22.3 Å². The smallest absolute Gasteiger partial charge is 0.0868 e. The number of nitrogens with zero attached hydrogens (tertiary/aromatic N) is 1. The van der Waals surface area contributed by atoms with E-state index < -0.39 is 0 Å². The van der Waals surface area contributed by atoms with Crippen molar-refractivity contribution in [1.82, 2.24) is 0 Å². The fourth-order valence-electron chi connectivity index (χ4n) is 3.08. The molecular weight excluding hydrogens is 230 g/mol. The van der Waals surface area contributed by atoms with Gasteiger partial charge in [-0.15, -0.1) is 0 Å². The molecule has 1 aliphatic carbocycles. The highest BCUT2D eigenvalue weighted by Crippen LogP contribution is 2.40. The number of nitriles is 1. The molecule has 2 aromatic carbocycles. The highest BCUT2D eigenvalue weighted by molar-refractivity contribution is 5.45. The third-order valence-electron chi connectivity index (χ3n) is 4.19. The lowest BCUT2D eigenvalue weighted by Gasteiger charge is -2.22. The van der Waals surface area contributed by atoms with Gasteiger partial charge >= 0.3 is 0 Å². The first-order valence-electron chi connectivity index (χ1n) is 6.79. The van der Waals surface area contributed by atoms with Crippen molar-refractivity contribution in [3.63, 3.8) is 0 Å². The SMILES string of the molecule is Cc1ccc(CC2(C#N)CCc3ccccc32)cc1. The molecule has 1 aliphatic rings. The molecule has 1 nitrogen and oxygen atoms in total. The predicted octanol–water partition coefficient (Wildman–Crippen LogP) is 3.95. The second-order valence-electron chi connectivity index (χ2n) is 5.51. The third-order valence-corrected chi connectivity index (χ3v) is 4.19. The second kappa shape index (κ2) is 4.55. The molecule has 94 valence electrons. The van der Waals surface area contributed by atoms with Gasteiger partial charge in [0.25, 0.3) is 0 Å². The molecule has 3 rings (SSSR count). The molecule has 0 heterocycles. The molecule has 0 aromatic heterocycles. The first-order valence-corrected chi connectivity index (χ1v) is 6.79. The third kappa shape index (κ3) is 2.04. The minimum absolute atomic E-state index is 0.328. The molecule has 1 unspecified atom stereocenters. The van der Waals surface area contributed by atoms with Crippen molar-refractivity contribution >= 4 is 0 Å². The Hall–Kier alpha value is -2.07. The zero-order valence-corrected chi connectivity index (χ0v) is 11.2. The zero-order chi connectivity index (χ0) is 13.3. The second-order valence-corrected chi connectivity index (χ2v) is 5.51. The maximum absolute atomic E-state index is 9.73. The maximum Gasteiger partial charge on any atom is 0.0868 e. The molecule has 0 amide bonds. The predicted molar refractivity (Wildman–Crippen MR) is 76.9 cm³/mol. The molecule has 1 heteroatoms. The molecule has 0 radical (unpaired) electrons. The van der Waals surface area contributed by atoms with Gasteiger partial charge in [0.15, 0.2) is 0 Å². The minimum Gasteiger partial charge on any atom is -0.197 e. The average molecular weight is 247 g/mol. The fraction of sp³-hybridized carbons (Fsp3) is 0.278. The number of hydrogen-bond acceptors (Lipinski definition) is 1. The molecule has 2 aromatic rings. The van der Waals surface area contributed by atoms with Gasteiger partial charge < -0.3 is 0 Å². The highest BCUT2D eigenvalue weighted by atomic mass is 14.4. The summed E-state index contributed by atoms with van der Waals surface area (Å²) in [6, 6.07) is 19.5. The van der Waals surface area contributed by atoms with Crippen molar-refractivity contribution < 1.29 is 0 Å². The van der Waals surface area contributed by atoms with Gasteiger partial charge in [-0.2, -0.15) is 5.26 Å². The molecule has 0 N–H and O–H groups in total. The largest absolute Gasteiger partial charge is 0.197 e. The van der Waals surface area contributed by atoms with Crippen LogP contribution in [0.5, 0.6) is 0 Å². The summed E-state index contributed by atoms with van der Waals surface area (Å²) in [5.41, 5.74) is 4.77. The molecule has 0 bridgehead atoms. The maximum atomic E-state index is 9.73. The summed E-state index contributed by atoms with van der Waals surface area (Å²) in [5, 5.41) is 9.73. The van der Waals surface area contributed by atoms with Gasteiger partial charge in [-0.25, -0.2) is 0 Å². The van der Waals surface area contributed by atoms with E-state index >= 15 is 0 Å². The number of rotatable bonds is 2. The Morgan fingerprint density at radius 2 is 1.84 bits per heavy atom. The zero-order valence-electron chi connectivity index (χ0n) is 11.2. The van der Waals surface area contributed by atoms with E-state index in [1.807, 2.05) is 6.07 Å². The Labute approximate surface area is 114 Å². The lowest BCUT2D eigenvalue weighted by Crippen LogP contribution is -2.23. The molecule has 0 saturated carbocycles. The number of benzene rings is 2. The van der Waals surface area contributed by atoms with Gasteiger partial charge in [0.1, 0.15) is 0 Å². The molecule has 0 fully saturated rings. The summed E-state index contributed by atoms with van der Waals surface area (Å²) in [6.45, 7) is 2.09. The minimum atomic E-state index is -0.328. The summed E-state index contributed by atoms with van der Waals surface area (Å²) in [6.07, 6.45) is 2.78. The Morgan fingerprint density at radius 1 is 1.11 bits per heavy atom. The van der Waals surface area contributed by atoms with Crippen LogP contribution in [0.1, 0.15) is 28.7 Å².